The van der Waals surface area contributed by atoms with Crippen LogP contribution in [0.1, 0.15) is 12.1 Å². The molecule has 1 aromatic heterocycles. The Morgan fingerprint density at radius 2 is 2.53 bits per heavy atom. The van der Waals surface area contributed by atoms with E-state index in [1.54, 1.807) is 6.33 Å². The van der Waals surface area contributed by atoms with Gasteiger partial charge in [0.25, 0.3) is 0 Å². The largest absolute Gasteiger partial charge is 0.447 e. The van der Waals surface area contributed by atoms with Gasteiger partial charge in [-0.25, -0.2) is 14.2 Å². The lowest BCUT2D eigenvalue weighted by molar-refractivity contribution is 0.131. The summed E-state index contributed by atoms with van der Waals surface area (Å²) in [6.07, 6.45) is 4.77. The number of aromatic nitrogens is 2. The standard InChI is InChI=1S/C10H14FN3O2.ClH/c11-3-4-16-10(15)13-8-1-2-9-5-12-7-14(9)6-8;/h5,7-8H,1-4,6H2,(H,13,15);1H. The lowest BCUT2D eigenvalue weighted by atomic mass is 10.1. The van der Waals surface area contributed by atoms with E-state index >= 15 is 0 Å². The van der Waals surface area contributed by atoms with E-state index in [-0.39, 0.29) is 25.1 Å². The second kappa shape index (κ2) is 6.44. The number of alkyl halides is 1. The summed E-state index contributed by atoms with van der Waals surface area (Å²) in [7, 11) is 0. The van der Waals surface area contributed by atoms with Crippen molar-refractivity contribution in [2.45, 2.75) is 25.4 Å². The molecule has 17 heavy (non-hydrogen) atoms. The van der Waals surface area contributed by atoms with Crippen molar-refractivity contribution >= 4 is 18.5 Å². The van der Waals surface area contributed by atoms with E-state index in [0.29, 0.717) is 6.54 Å². The van der Waals surface area contributed by atoms with Gasteiger partial charge in [0.05, 0.1) is 12.4 Å². The van der Waals surface area contributed by atoms with Crippen molar-refractivity contribution in [3.8, 4) is 0 Å². The van der Waals surface area contributed by atoms with Crippen LogP contribution < -0.4 is 5.32 Å². The third kappa shape index (κ3) is 3.59. The fraction of sp³-hybridized carbons (Fsp3) is 0.600. The Labute approximate surface area is 105 Å². The Bertz CT molecular complexity index is 372. The maximum atomic E-state index is 11.8. The Hall–Kier alpha value is -1.30. The van der Waals surface area contributed by atoms with Gasteiger partial charge >= 0.3 is 6.09 Å². The fourth-order valence-corrected chi connectivity index (χ4v) is 1.83. The number of nitrogens with zero attached hydrogens (tertiary/aromatic N) is 2. The van der Waals surface area contributed by atoms with Crippen LogP contribution >= 0.6 is 12.4 Å². The minimum absolute atomic E-state index is 0. The van der Waals surface area contributed by atoms with Crippen LogP contribution in [-0.2, 0) is 17.7 Å². The Morgan fingerprint density at radius 3 is 3.29 bits per heavy atom. The number of halogens is 2. The van der Waals surface area contributed by atoms with Crippen LogP contribution in [0, 0.1) is 0 Å². The van der Waals surface area contributed by atoms with E-state index in [4.69, 9.17) is 0 Å². The molecule has 0 aliphatic carbocycles. The van der Waals surface area contributed by atoms with Crippen molar-refractivity contribution in [2.24, 2.45) is 0 Å². The van der Waals surface area contributed by atoms with Crippen LogP contribution in [0.25, 0.3) is 0 Å². The number of nitrogens with one attached hydrogen (secondary N) is 1. The van der Waals surface area contributed by atoms with Gasteiger partial charge in [0.15, 0.2) is 0 Å². The number of alkyl carbamates (subject to hydrolysis) is 1. The van der Waals surface area contributed by atoms with Gasteiger partial charge < -0.3 is 14.6 Å². The molecule has 1 N–H and O–H groups in total. The first-order chi connectivity index (χ1) is 7.79. The fourth-order valence-electron chi connectivity index (χ4n) is 1.83. The van der Waals surface area contributed by atoms with Crippen molar-refractivity contribution in [3.05, 3.63) is 18.2 Å². The summed E-state index contributed by atoms with van der Waals surface area (Å²) >= 11 is 0. The zero-order valence-corrected chi connectivity index (χ0v) is 10.1. The Balaban J connectivity index is 0.00000144. The highest BCUT2D eigenvalue weighted by Gasteiger charge is 2.20. The van der Waals surface area contributed by atoms with Crippen LogP contribution in [0.5, 0.6) is 0 Å². The number of amides is 1. The average Bonchev–Trinajstić information content (AvgIpc) is 2.73. The minimum Gasteiger partial charge on any atom is -0.447 e. The van der Waals surface area contributed by atoms with Gasteiger partial charge in [-0.3, -0.25) is 0 Å². The normalized spacial score (nSPS) is 17.8. The van der Waals surface area contributed by atoms with Crippen molar-refractivity contribution < 1.29 is 13.9 Å². The van der Waals surface area contributed by atoms with Crippen LogP contribution in [0.3, 0.4) is 0 Å². The van der Waals surface area contributed by atoms with Gasteiger partial charge in [-0.05, 0) is 12.8 Å². The zero-order valence-electron chi connectivity index (χ0n) is 9.26. The van der Waals surface area contributed by atoms with Crippen LogP contribution in [0.2, 0.25) is 0 Å². The second-order valence-electron chi connectivity index (χ2n) is 3.74. The number of carbonyl (C=O) groups excluding carboxylic acids is 1. The molecule has 0 bridgehead atoms. The van der Waals surface area contributed by atoms with E-state index in [2.05, 4.69) is 15.0 Å². The van der Waals surface area contributed by atoms with Crippen molar-refractivity contribution in [1.82, 2.24) is 14.9 Å². The SMILES string of the molecule is Cl.O=C(NC1CCc2cncn2C1)OCCF. The van der Waals surface area contributed by atoms with E-state index in [1.165, 1.54) is 5.69 Å². The molecular weight excluding hydrogens is 249 g/mol. The maximum Gasteiger partial charge on any atom is 0.407 e. The number of ether oxygens (including phenoxy) is 1. The molecular formula is C10H15ClFN3O2. The molecule has 1 amide bonds. The average molecular weight is 264 g/mol. The summed E-state index contributed by atoms with van der Waals surface area (Å²) in [5, 5.41) is 2.71. The first kappa shape index (κ1) is 13.8. The zero-order chi connectivity index (χ0) is 11.4. The number of carbonyl (C=O) groups is 1. The molecule has 0 fully saturated rings. The summed E-state index contributed by atoms with van der Waals surface area (Å²) in [6, 6.07) is 0.0359. The first-order valence-electron chi connectivity index (χ1n) is 5.28. The Morgan fingerprint density at radius 1 is 1.71 bits per heavy atom. The van der Waals surface area contributed by atoms with Gasteiger partial charge in [0.1, 0.15) is 13.3 Å². The molecule has 0 saturated carbocycles. The molecule has 0 aromatic carbocycles. The molecule has 1 aliphatic rings. The van der Waals surface area contributed by atoms with Crippen LogP contribution in [-0.4, -0.2) is 35.0 Å². The molecule has 5 nitrogen and oxygen atoms in total. The summed E-state index contributed by atoms with van der Waals surface area (Å²) in [6.45, 7) is -0.140. The Kier molecular flexibility index (Phi) is 5.21. The maximum absolute atomic E-state index is 11.8. The predicted octanol–water partition coefficient (Wildman–Crippen LogP) is 1.32. The molecule has 2 heterocycles. The van der Waals surface area contributed by atoms with Gasteiger partial charge in [-0.2, -0.15) is 0 Å². The number of fused-ring (bicyclic) bond motifs is 1. The molecule has 2 rings (SSSR count). The number of hydrogen-bond donors (Lipinski definition) is 1. The van der Waals surface area contributed by atoms with Crippen molar-refractivity contribution in [2.75, 3.05) is 13.3 Å². The highest BCUT2D eigenvalue weighted by molar-refractivity contribution is 5.85. The summed E-state index contributed by atoms with van der Waals surface area (Å²) in [5.41, 5.74) is 1.18. The predicted molar refractivity (Wildman–Crippen MR) is 62.0 cm³/mol. The number of hydrogen-bond acceptors (Lipinski definition) is 3. The molecule has 0 radical (unpaired) electrons. The molecule has 7 heteroatoms. The highest BCUT2D eigenvalue weighted by Crippen LogP contribution is 2.13. The minimum atomic E-state index is -0.649. The third-order valence-corrected chi connectivity index (χ3v) is 2.60. The lowest BCUT2D eigenvalue weighted by Gasteiger charge is -2.24. The smallest absolute Gasteiger partial charge is 0.407 e. The summed E-state index contributed by atoms with van der Waals surface area (Å²) < 4.78 is 18.4. The molecule has 0 spiro atoms. The monoisotopic (exact) mass is 263 g/mol. The first-order valence-corrected chi connectivity index (χ1v) is 5.28. The molecule has 1 atom stereocenters. The van der Waals surface area contributed by atoms with E-state index in [1.807, 2.05) is 10.8 Å². The molecule has 1 unspecified atom stereocenters. The number of aryl methyl sites for hydroxylation is 1. The third-order valence-electron chi connectivity index (χ3n) is 2.60. The van der Waals surface area contributed by atoms with Crippen LogP contribution in [0.15, 0.2) is 12.5 Å². The number of imidazole rings is 1. The summed E-state index contributed by atoms with van der Waals surface area (Å²) in [4.78, 5) is 15.2. The van der Waals surface area contributed by atoms with E-state index < -0.39 is 12.8 Å². The van der Waals surface area contributed by atoms with Gasteiger partial charge in [-0.15, -0.1) is 12.4 Å². The topological polar surface area (TPSA) is 56.2 Å². The summed E-state index contributed by atoms with van der Waals surface area (Å²) in [5.74, 6) is 0. The second-order valence-corrected chi connectivity index (χ2v) is 3.74. The molecule has 96 valence electrons. The lowest BCUT2D eigenvalue weighted by Crippen LogP contribution is -2.41. The van der Waals surface area contributed by atoms with E-state index in [0.717, 1.165) is 12.8 Å². The quantitative estimate of drug-likeness (QED) is 0.895. The van der Waals surface area contributed by atoms with Crippen molar-refractivity contribution in [3.63, 3.8) is 0 Å². The highest BCUT2D eigenvalue weighted by atomic mass is 35.5. The van der Waals surface area contributed by atoms with Gasteiger partial charge in [0.2, 0.25) is 0 Å². The molecule has 0 saturated heterocycles. The van der Waals surface area contributed by atoms with Gasteiger partial charge in [-0.1, -0.05) is 0 Å². The van der Waals surface area contributed by atoms with Crippen LogP contribution in [0.4, 0.5) is 9.18 Å². The molecule has 1 aromatic rings. The van der Waals surface area contributed by atoms with Crippen molar-refractivity contribution in [1.29, 1.82) is 0 Å². The molecule has 1 aliphatic heterocycles. The van der Waals surface area contributed by atoms with E-state index in [9.17, 15) is 9.18 Å². The number of rotatable bonds is 3. The van der Waals surface area contributed by atoms with Gasteiger partial charge in [0, 0.05) is 18.4 Å².